The Kier molecular flexibility index (Phi) is 8.18. The number of benzene rings is 1. The second kappa shape index (κ2) is 10.5. The summed E-state index contributed by atoms with van der Waals surface area (Å²) in [7, 11) is 0. The average molecular weight is 448 g/mol. The summed E-state index contributed by atoms with van der Waals surface area (Å²) < 4.78 is 21.5. The van der Waals surface area contributed by atoms with Crippen LogP contribution >= 0.6 is 0 Å². The summed E-state index contributed by atoms with van der Waals surface area (Å²) in [5.41, 5.74) is 0.623. The van der Waals surface area contributed by atoms with E-state index in [9.17, 15) is 40.9 Å². The Morgan fingerprint density at radius 2 is 1.13 bits per heavy atom. The van der Waals surface area contributed by atoms with Gasteiger partial charge in [-0.1, -0.05) is 12.1 Å². The van der Waals surface area contributed by atoms with Gasteiger partial charge in [0, 0.05) is 0 Å². The van der Waals surface area contributed by atoms with Gasteiger partial charge in [-0.2, -0.15) is 0 Å². The van der Waals surface area contributed by atoms with Crippen molar-refractivity contribution in [2.24, 2.45) is 0 Å². The lowest BCUT2D eigenvalue weighted by Gasteiger charge is -2.39. The molecular weight excluding hydrogens is 420 g/mol. The fraction of sp³-hybridized carbons (Fsp3) is 0.684. The smallest absolute Gasteiger partial charge is 0.229 e. The van der Waals surface area contributed by atoms with Crippen LogP contribution in [0.3, 0.4) is 0 Å². The minimum absolute atomic E-state index is 0.0387. The molecule has 1 aromatic carbocycles. The summed E-state index contributed by atoms with van der Waals surface area (Å²) in [5.74, 6) is 0.265. The summed E-state index contributed by atoms with van der Waals surface area (Å²) in [5, 5.41) is 77.6. The van der Waals surface area contributed by atoms with Crippen LogP contribution < -0.4 is 4.74 Å². The van der Waals surface area contributed by atoms with Crippen molar-refractivity contribution in [1.29, 1.82) is 0 Å². The monoisotopic (exact) mass is 448 g/mol. The van der Waals surface area contributed by atoms with Crippen LogP contribution in [0.25, 0.3) is 0 Å². The van der Waals surface area contributed by atoms with Crippen molar-refractivity contribution in [3.05, 3.63) is 29.8 Å². The van der Waals surface area contributed by atoms with Gasteiger partial charge < -0.3 is 59.8 Å². The van der Waals surface area contributed by atoms with Gasteiger partial charge in [-0.05, 0) is 17.7 Å². The molecule has 2 fully saturated rings. The van der Waals surface area contributed by atoms with Crippen LogP contribution in [0.4, 0.5) is 0 Å². The normalized spacial score (nSPS) is 41.2. The number of aliphatic hydroxyl groups excluding tert-OH is 8. The first-order valence-corrected chi connectivity index (χ1v) is 9.75. The molecule has 5 unspecified atom stereocenters. The molecule has 1 aromatic rings. The molecule has 0 bridgehead atoms. The Morgan fingerprint density at radius 1 is 0.645 bits per heavy atom. The Hall–Kier alpha value is -1.42. The molecule has 31 heavy (non-hydrogen) atoms. The summed E-state index contributed by atoms with van der Waals surface area (Å²) in [6, 6.07) is 6.24. The zero-order valence-electron chi connectivity index (χ0n) is 16.4. The van der Waals surface area contributed by atoms with E-state index < -0.39 is 74.6 Å². The van der Waals surface area contributed by atoms with Crippen LogP contribution in [-0.4, -0.2) is 115 Å². The van der Waals surface area contributed by atoms with Gasteiger partial charge in [-0.3, -0.25) is 0 Å². The molecule has 10 atom stereocenters. The molecular formula is C19H28O12. The van der Waals surface area contributed by atoms with E-state index in [1.807, 2.05) is 0 Å². The Balaban J connectivity index is 1.56. The van der Waals surface area contributed by atoms with Gasteiger partial charge in [0.2, 0.25) is 6.29 Å². The van der Waals surface area contributed by atoms with Crippen molar-refractivity contribution in [3.63, 3.8) is 0 Å². The molecule has 0 radical (unpaired) electrons. The highest BCUT2D eigenvalue weighted by atomic mass is 16.7. The van der Waals surface area contributed by atoms with E-state index in [1.54, 1.807) is 12.1 Å². The fourth-order valence-electron chi connectivity index (χ4n) is 3.35. The molecule has 0 spiro atoms. The highest BCUT2D eigenvalue weighted by Gasteiger charge is 2.45. The van der Waals surface area contributed by atoms with Gasteiger partial charge in [0.15, 0.2) is 6.29 Å². The van der Waals surface area contributed by atoms with Gasteiger partial charge in [-0.25, -0.2) is 0 Å². The van der Waals surface area contributed by atoms with Crippen LogP contribution in [0.15, 0.2) is 24.3 Å². The molecule has 2 aliphatic heterocycles. The zero-order chi connectivity index (χ0) is 22.7. The van der Waals surface area contributed by atoms with Gasteiger partial charge in [-0.15, -0.1) is 0 Å². The van der Waals surface area contributed by atoms with E-state index in [0.717, 1.165) is 0 Å². The molecule has 2 heterocycles. The van der Waals surface area contributed by atoms with Gasteiger partial charge in [0.1, 0.15) is 54.6 Å². The van der Waals surface area contributed by atoms with Crippen LogP contribution in [-0.2, 0) is 20.8 Å². The Morgan fingerprint density at radius 3 is 1.65 bits per heavy atom. The molecule has 0 aromatic heterocycles. The van der Waals surface area contributed by atoms with Crippen molar-refractivity contribution in [3.8, 4) is 5.75 Å². The quantitative estimate of drug-likeness (QED) is 0.203. The molecule has 12 heteroatoms. The Bertz CT molecular complexity index is 683. The molecule has 8 N–H and O–H groups in total. The lowest BCUT2D eigenvalue weighted by atomic mass is 9.99. The summed E-state index contributed by atoms with van der Waals surface area (Å²) >= 11 is 0. The molecule has 2 saturated heterocycles. The van der Waals surface area contributed by atoms with E-state index in [2.05, 4.69) is 0 Å². The third kappa shape index (κ3) is 5.32. The number of hydrogen-bond acceptors (Lipinski definition) is 12. The minimum atomic E-state index is -1.55. The number of ether oxygens (including phenoxy) is 4. The summed E-state index contributed by atoms with van der Waals surface area (Å²) in [6.07, 6.45) is -13.8. The third-order valence-electron chi connectivity index (χ3n) is 5.29. The van der Waals surface area contributed by atoms with Crippen molar-refractivity contribution >= 4 is 0 Å². The van der Waals surface area contributed by atoms with Crippen molar-refractivity contribution in [2.75, 3.05) is 13.2 Å². The van der Waals surface area contributed by atoms with Crippen molar-refractivity contribution in [1.82, 2.24) is 0 Å². The fourth-order valence-corrected chi connectivity index (χ4v) is 3.35. The largest absolute Gasteiger partial charge is 0.462 e. The highest BCUT2D eigenvalue weighted by Crippen LogP contribution is 2.26. The van der Waals surface area contributed by atoms with Gasteiger partial charge in [0.25, 0.3) is 0 Å². The topological polar surface area (TPSA) is 199 Å². The van der Waals surface area contributed by atoms with Gasteiger partial charge in [0.05, 0.1) is 19.8 Å². The molecule has 0 aliphatic carbocycles. The van der Waals surface area contributed by atoms with Crippen LogP contribution in [0.1, 0.15) is 5.56 Å². The SMILES string of the molecule is OCC1O[C@H](Oc2ccc(COC3OC(CO)[C@@H](O)[C@H](O)C3O)cc2)[C@H](O)C(O)[C@@H]1O. The van der Waals surface area contributed by atoms with Crippen LogP contribution in [0.2, 0.25) is 0 Å². The van der Waals surface area contributed by atoms with E-state index in [0.29, 0.717) is 5.56 Å². The predicted octanol–water partition coefficient (Wildman–Crippen LogP) is -3.82. The molecule has 0 saturated carbocycles. The van der Waals surface area contributed by atoms with Crippen molar-refractivity contribution < 1.29 is 59.8 Å². The molecule has 2 aliphatic rings. The summed E-state index contributed by atoms with van der Waals surface area (Å²) in [6.45, 7) is -1.17. The maximum absolute atomic E-state index is 10.0. The minimum Gasteiger partial charge on any atom is -0.462 e. The summed E-state index contributed by atoms with van der Waals surface area (Å²) in [4.78, 5) is 0. The Labute approximate surface area is 177 Å². The van der Waals surface area contributed by atoms with Crippen molar-refractivity contribution in [2.45, 2.75) is 68.0 Å². The zero-order valence-corrected chi connectivity index (χ0v) is 16.4. The molecule has 3 rings (SSSR count). The van der Waals surface area contributed by atoms with Crippen LogP contribution in [0, 0.1) is 0 Å². The second-order valence-electron chi connectivity index (χ2n) is 7.47. The third-order valence-corrected chi connectivity index (χ3v) is 5.29. The van der Waals surface area contributed by atoms with Gasteiger partial charge >= 0.3 is 0 Å². The first-order chi connectivity index (χ1) is 14.8. The average Bonchev–Trinajstić information content (AvgIpc) is 2.78. The standard InChI is InChI=1S/C19H28O12/c20-5-10-12(22)14(24)16(26)18(30-10)28-7-8-1-3-9(4-2-8)29-19-17(27)15(25)13(23)11(6-21)31-19/h1-4,10-27H,5-7H2/t10?,11?,12-,13-,14+,15?,16?,17-,18?,19+/m1/s1. The predicted molar refractivity (Wildman–Crippen MR) is 99.4 cm³/mol. The first-order valence-electron chi connectivity index (χ1n) is 9.75. The molecule has 176 valence electrons. The highest BCUT2D eigenvalue weighted by molar-refractivity contribution is 5.27. The van der Waals surface area contributed by atoms with E-state index in [4.69, 9.17) is 18.9 Å². The first kappa shape index (κ1) is 24.2. The number of hydrogen-bond donors (Lipinski definition) is 8. The van der Waals surface area contributed by atoms with E-state index >= 15 is 0 Å². The number of aliphatic hydroxyl groups is 8. The second-order valence-corrected chi connectivity index (χ2v) is 7.47. The lowest BCUT2D eigenvalue weighted by Crippen LogP contribution is -2.60. The van der Waals surface area contributed by atoms with E-state index in [1.165, 1.54) is 12.1 Å². The van der Waals surface area contributed by atoms with E-state index in [-0.39, 0.29) is 12.4 Å². The van der Waals surface area contributed by atoms with Crippen LogP contribution in [0.5, 0.6) is 5.75 Å². The molecule has 12 nitrogen and oxygen atoms in total. The lowest BCUT2D eigenvalue weighted by molar-refractivity contribution is -0.304. The number of rotatable bonds is 7. The molecule has 0 amide bonds. The maximum atomic E-state index is 10.0. The maximum Gasteiger partial charge on any atom is 0.229 e.